The second kappa shape index (κ2) is 5.50. The van der Waals surface area contributed by atoms with E-state index in [1.165, 1.54) is 6.42 Å². The maximum Gasteiger partial charge on any atom is 0.317 e. The normalized spacial score (nSPS) is 31.9. The first-order valence-electron chi connectivity index (χ1n) is 5.98. The van der Waals surface area contributed by atoms with Crippen molar-refractivity contribution in [1.82, 2.24) is 4.90 Å². The van der Waals surface area contributed by atoms with Gasteiger partial charge >= 0.3 is 5.97 Å². The predicted octanol–water partition coefficient (Wildman–Crippen LogP) is 2.22. The van der Waals surface area contributed by atoms with Crippen LogP contribution in [0, 0.1) is 11.8 Å². The Kier molecular flexibility index (Phi) is 4.58. The van der Waals surface area contributed by atoms with Crippen molar-refractivity contribution >= 4 is 5.97 Å². The maximum atomic E-state index is 10.7. The summed E-state index contributed by atoms with van der Waals surface area (Å²) in [5, 5.41) is 8.84. The van der Waals surface area contributed by atoms with Crippen molar-refractivity contribution in [2.24, 2.45) is 11.8 Å². The van der Waals surface area contributed by atoms with E-state index in [1.807, 2.05) is 6.92 Å². The van der Waals surface area contributed by atoms with E-state index in [0.29, 0.717) is 6.04 Å². The fraction of sp³-hybridized carbons (Fsp3) is 0.917. The Bertz CT molecular complexity index is 208. The molecule has 1 N–H and O–H groups in total. The topological polar surface area (TPSA) is 40.5 Å². The second-order valence-corrected chi connectivity index (χ2v) is 5.03. The summed E-state index contributed by atoms with van der Waals surface area (Å²) in [7, 11) is 0. The van der Waals surface area contributed by atoms with Gasteiger partial charge in [-0.05, 0) is 37.6 Å². The van der Waals surface area contributed by atoms with Crippen molar-refractivity contribution < 1.29 is 9.90 Å². The SMILES string of the molecule is CCN(CC(=O)O)C1CC(C)CC(C)C1. The first-order chi connectivity index (χ1) is 7.02. The van der Waals surface area contributed by atoms with Crippen LogP contribution in [0.1, 0.15) is 40.0 Å². The number of rotatable bonds is 4. The number of carboxylic acids is 1. The summed E-state index contributed by atoms with van der Waals surface area (Å²) in [6.45, 7) is 7.64. The number of likely N-dealkylation sites (N-methyl/N-ethyl adjacent to an activating group) is 1. The lowest BCUT2D eigenvalue weighted by atomic mass is 9.80. The Morgan fingerprint density at radius 2 is 1.80 bits per heavy atom. The highest BCUT2D eigenvalue weighted by molar-refractivity contribution is 5.69. The molecule has 0 radical (unpaired) electrons. The maximum absolute atomic E-state index is 10.7. The van der Waals surface area contributed by atoms with E-state index in [2.05, 4.69) is 18.7 Å². The molecule has 88 valence electrons. The third kappa shape index (κ3) is 3.82. The first kappa shape index (κ1) is 12.5. The Hall–Kier alpha value is -0.570. The molecule has 2 atom stereocenters. The summed E-state index contributed by atoms with van der Waals surface area (Å²) in [5.41, 5.74) is 0. The second-order valence-electron chi connectivity index (χ2n) is 5.03. The minimum absolute atomic E-state index is 0.195. The van der Waals surface area contributed by atoms with Crippen molar-refractivity contribution in [3.05, 3.63) is 0 Å². The van der Waals surface area contributed by atoms with Gasteiger partial charge in [0.15, 0.2) is 0 Å². The molecule has 15 heavy (non-hydrogen) atoms. The van der Waals surface area contributed by atoms with Crippen molar-refractivity contribution in [3.63, 3.8) is 0 Å². The van der Waals surface area contributed by atoms with Gasteiger partial charge in [-0.25, -0.2) is 0 Å². The number of hydrogen-bond acceptors (Lipinski definition) is 2. The van der Waals surface area contributed by atoms with Crippen LogP contribution in [0.15, 0.2) is 0 Å². The summed E-state index contributed by atoms with van der Waals surface area (Å²) in [6, 6.07) is 0.477. The zero-order chi connectivity index (χ0) is 11.4. The fourth-order valence-electron chi connectivity index (χ4n) is 2.88. The van der Waals surface area contributed by atoms with Crippen molar-refractivity contribution in [2.45, 2.75) is 46.1 Å². The average molecular weight is 213 g/mol. The van der Waals surface area contributed by atoms with Gasteiger partial charge in [0.1, 0.15) is 0 Å². The molecular weight excluding hydrogens is 190 g/mol. The van der Waals surface area contributed by atoms with Crippen LogP contribution in [0.2, 0.25) is 0 Å². The monoisotopic (exact) mass is 213 g/mol. The highest BCUT2D eigenvalue weighted by atomic mass is 16.4. The molecule has 3 nitrogen and oxygen atoms in total. The van der Waals surface area contributed by atoms with E-state index in [1.54, 1.807) is 0 Å². The summed E-state index contributed by atoms with van der Waals surface area (Å²) < 4.78 is 0. The van der Waals surface area contributed by atoms with Gasteiger partial charge in [-0.2, -0.15) is 0 Å². The van der Waals surface area contributed by atoms with Gasteiger partial charge in [0.25, 0.3) is 0 Å². The van der Waals surface area contributed by atoms with Crippen LogP contribution in [0.3, 0.4) is 0 Å². The van der Waals surface area contributed by atoms with Crippen LogP contribution in [-0.4, -0.2) is 35.1 Å². The minimum Gasteiger partial charge on any atom is -0.480 e. The lowest BCUT2D eigenvalue weighted by Gasteiger charge is -2.38. The van der Waals surface area contributed by atoms with Crippen molar-refractivity contribution in [1.29, 1.82) is 0 Å². The number of carboxylic acid groups (broad SMARTS) is 1. The standard InChI is InChI=1S/C12H23NO2/c1-4-13(8-12(14)15)11-6-9(2)5-10(3)7-11/h9-11H,4-8H2,1-3H3,(H,14,15). The molecule has 0 spiro atoms. The molecule has 1 fully saturated rings. The summed E-state index contributed by atoms with van der Waals surface area (Å²) in [5.74, 6) is 0.769. The Morgan fingerprint density at radius 3 is 2.20 bits per heavy atom. The Labute approximate surface area is 92.5 Å². The molecule has 0 bridgehead atoms. The fourth-order valence-corrected chi connectivity index (χ4v) is 2.88. The molecule has 1 saturated carbocycles. The van der Waals surface area contributed by atoms with E-state index in [4.69, 9.17) is 5.11 Å². The van der Waals surface area contributed by atoms with Crippen LogP contribution in [0.4, 0.5) is 0 Å². The third-order valence-electron chi connectivity index (χ3n) is 3.41. The Balaban J connectivity index is 2.54. The van der Waals surface area contributed by atoms with E-state index in [-0.39, 0.29) is 6.54 Å². The lowest BCUT2D eigenvalue weighted by molar-refractivity contribution is -0.139. The molecular formula is C12H23NO2. The number of carbonyl (C=O) groups is 1. The molecule has 0 aromatic rings. The van der Waals surface area contributed by atoms with Crippen LogP contribution in [-0.2, 0) is 4.79 Å². The number of aliphatic carboxylic acids is 1. The van der Waals surface area contributed by atoms with E-state index < -0.39 is 5.97 Å². The van der Waals surface area contributed by atoms with Crippen molar-refractivity contribution in [3.8, 4) is 0 Å². The molecule has 1 aliphatic carbocycles. The smallest absolute Gasteiger partial charge is 0.317 e. The first-order valence-corrected chi connectivity index (χ1v) is 5.98. The van der Waals surface area contributed by atoms with Gasteiger partial charge in [-0.15, -0.1) is 0 Å². The van der Waals surface area contributed by atoms with E-state index >= 15 is 0 Å². The van der Waals surface area contributed by atoms with Crippen LogP contribution >= 0.6 is 0 Å². The molecule has 2 unspecified atom stereocenters. The van der Waals surface area contributed by atoms with Crippen LogP contribution in [0.25, 0.3) is 0 Å². The van der Waals surface area contributed by atoms with Gasteiger partial charge in [-0.1, -0.05) is 20.8 Å². The molecule has 0 aromatic heterocycles. The Morgan fingerprint density at radius 1 is 1.27 bits per heavy atom. The molecule has 0 amide bonds. The zero-order valence-corrected chi connectivity index (χ0v) is 10.1. The molecule has 0 saturated heterocycles. The quantitative estimate of drug-likeness (QED) is 0.778. The van der Waals surface area contributed by atoms with E-state index in [9.17, 15) is 4.79 Å². The summed E-state index contributed by atoms with van der Waals surface area (Å²) in [6.07, 6.45) is 3.61. The molecule has 1 rings (SSSR count). The molecule has 0 heterocycles. The summed E-state index contributed by atoms with van der Waals surface area (Å²) >= 11 is 0. The van der Waals surface area contributed by atoms with Crippen LogP contribution in [0.5, 0.6) is 0 Å². The van der Waals surface area contributed by atoms with Crippen LogP contribution < -0.4 is 0 Å². The average Bonchev–Trinajstić information content (AvgIpc) is 2.12. The largest absolute Gasteiger partial charge is 0.480 e. The predicted molar refractivity (Wildman–Crippen MR) is 60.8 cm³/mol. The van der Waals surface area contributed by atoms with E-state index in [0.717, 1.165) is 31.2 Å². The summed E-state index contributed by atoms with van der Waals surface area (Å²) in [4.78, 5) is 12.8. The minimum atomic E-state index is -0.706. The van der Waals surface area contributed by atoms with Gasteiger partial charge in [0.05, 0.1) is 6.54 Å². The molecule has 0 aliphatic heterocycles. The molecule has 1 aliphatic rings. The third-order valence-corrected chi connectivity index (χ3v) is 3.41. The number of nitrogens with zero attached hydrogens (tertiary/aromatic N) is 1. The highest BCUT2D eigenvalue weighted by Gasteiger charge is 2.28. The molecule has 0 aromatic carbocycles. The van der Waals surface area contributed by atoms with Gasteiger partial charge in [-0.3, -0.25) is 9.69 Å². The lowest BCUT2D eigenvalue weighted by Crippen LogP contribution is -2.43. The van der Waals surface area contributed by atoms with Crippen molar-refractivity contribution in [2.75, 3.05) is 13.1 Å². The van der Waals surface area contributed by atoms with Gasteiger partial charge in [0, 0.05) is 6.04 Å². The van der Waals surface area contributed by atoms with Gasteiger partial charge in [0.2, 0.25) is 0 Å². The number of hydrogen-bond donors (Lipinski definition) is 1. The highest BCUT2D eigenvalue weighted by Crippen LogP contribution is 2.31. The molecule has 3 heteroatoms. The zero-order valence-electron chi connectivity index (χ0n) is 10.1. The van der Waals surface area contributed by atoms with Gasteiger partial charge < -0.3 is 5.11 Å².